The van der Waals surface area contributed by atoms with E-state index >= 15 is 0 Å². The highest BCUT2D eigenvalue weighted by Gasteiger charge is 2.27. The van der Waals surface area contributed by atoms with Crippen molar-refractivity contribution in [3.8, 4) is 0 Å². The number of rotatable bonds is 5. The van der Waals surface area contributed by atoms with Gasteiger partial charge >= 0.3 is 0 Å². The number of nitrogens with zero attached hydrogens (tertiary/aromatic N) is 1. The molecule has 0 saturated heterocycles. The van der Waals surface area contributed by atoms with Crippen molar-refractivity contribution in [1.29, 1.82) is 0 Å². The van der Waals surface area contributed by atoms with E-state index in [0.29, 0.717) is 18.1 Å². The second-order valence-corrected chi connectivity index (χ2v) is 8.11. The standard InChI is InChI=1S/C18H18ClNO2S/c19-17-8-4-7-16(11-17)13-20(12-15-5-2-1-3-6-15)18-9-10-23(21,22)14-18/h1-11,18H,12-14H2/t18-/m0/s1. The maximum atomic E-state index is 11.8. The van der Waals surface area contributed by atoms with Gasteiger partial charge in [0.15, 0.2) is 9.84 Å². The summed E-state index contributed by atoms with van der Waals surface area (Å²) in [7, 11) is -3.08. The van der Waals surface area contributed by atoms with Gasteiger partial charge in [-0.15, -0.1) is 0 Å². The molecule has 2 aromatic rings. The van der Waals surface area contributed by atoms with E-state index in [1.807, 2.05) is 42.5 Å². The number of benzene rings is 2. The molecular weight excluding hydrogens is 330 g/mol. The van der Waals surface area contributed by atoms with Gasteiger partial charge in [0.25, 0.3) is 0 Å². The summed E-state index contributed by atoms with van der Waals surface area (Å²) in [5.41, 5.74) is 2.23. The molecule has 1 aliphatic heterocycles. The minimum Gasteiger partial charge on any atom is -0.287 e. The molecule has 5 heteroatoms. The van der Waals surface area contributed by atoms with Gasteiger partial charge in [-0.25, -0.2) is 8.42 Å². The van der Waals surface area contributed by atoms with E-state index in [9.17, 15) is 8.42 Å². The molecule has 0 saturated carbocycles. The Morgan fingerprint density at radius 1 is 1.00 bits per heavy atom. The molecule has 0 radical (unpaired) electrons. The van der Waals surface area contributed by atoms with Gasteiger partial charge in [0.05, 0.1) is 5.75 Å². The Kier molecular flexibility index (Phi) is 4.85. The van der Waals surface area contributed by atoms with Gasteiger partial charge in [0, 0.05) is 29.6 Å². The first-order valence-corrected chi connectivity index (χ1v) is 9.54. The van der Waals surface area contributed by atoms with Crippen molar-refractivity contribution in [2.45, 2.75) is 19.1 Å². The molecule has 2 aromatic carbocycles. The summed E-state index contributed by atoms with van der Waals surface area (Å²) in [5, 5.41) is 2.02. The predicted octanol–water partition coefficient (Wildman–Crippen LogP) is 3.65. The van der Waals surface area contributed by atoms with E-state index in [-0.39, 0.29) is 11.8 Å². The average molecular weight is 348 g/mol. The van der Waals surface area contributed by atoms with Crippen LogP contribution in [0.15, 0.2) is 66.1 Å². The van der Waals surface area contributed by atoms with Crippen LogP contribution >= 0.6 is 11.6 Å². The van der Waals surface area contributed by atoms with Gasteiger partial charge in [-0.1, -0.05) is 60.1 Å². The molecule has 0 amide bonds. The van der Waals surface area contributed by atoms with E-state index in [0.717, 1.165) is 11.1 Å². The van der Waals surface area contributed by atoms with Crippen LogP contribution in [0.5, 0.6) is 0 Å². The third-order valence-corrected chi connectivity index (χ3v) is 5.50. The van der Waals surface area contributed by atoms with Crippen molar-refractivity contribution in [2.24, 2.45) is 0 Å². The Morgan fingerprint density at radius 2 is 1.70 bits per heavy atom. The van der Waals surface area contributed by atoms with Gasteiger partial charge in [0.2, 0.25) is 0 Å². The molecule has 1 heterocycles. The Morgan fingerprint density at radius 3 is 2.35 bits per heavy atom. The lowest BCUT2D eigenvalue weighted by atomic mass is 10.1. The minimum atomic E-state index is -3.08. The van der Waals surface area contributed by atoms with Gasteiger partial charge < -0.3 is 0 Å². The number of sulfone groups is 1. The fraction of sp³-hybridized carbons (Fsp3) is 0.222. The van der Waals surface area contributed by atoms with Crippen molar-refractivity contribution in [1.82, 2.24) is 4.90 Å². The van der Waals surface area contributed by atoms with E-state index in [1.165, 1.54) is 5.41 Å². The molecule has 3 nitrogen and oxygen atoms in total. The van der Waals surface area contributed by atoms with Gasteiger partial charge in [0.1, 0.15) is 0 Å². The highest BCUT2D eigenvalue weighted by molar-refractivity contribution is 7.94. The molecule has 0 aliphatic carbocycles. The van der Waals surface area contributed by atoms with Crippen LogP contribution in [0.1, 0.15) is 11.1 Å². The fourth-order valence-corrected chi connectivity index (χ4v) is 4.31. The monoisotopic (exact) mass is 347 g/mol. The molecule has 1 aliphatic rings. The molecule has 0 aromatic heterocycles. The highest BCUT2D eigenvalue weighted by Crippen LogP contribution is 2.21. The molecule has 3 rings (SSSR count). The Labute approximate surface area is 142 Å². The molecule has 0 N–H and O–H groups in total. The smallest absolute Gasteiger partial charge is 0.173 e. The largest absolute Gasteiger partial charge is 0.287 e. The SMILES string of the molecule is O=S1(=O)C=C[C@H](N(Cc2ccccc2)Cc2cccc(Cl)c2)C1. The Balaban J connectivity index is 1.83. The summed E-state index contributed by atoms with van der Waals surface area (Å²) in [6.45, 7) is 1.35. The first-order chi connectivity index (χ1) is 11.0. The van der Waals surface area contributed by atoms with Crippen LogP contribution in [0.3, 0.4) is 0 Å². The normalized spacial score (nSPS) is 19.3. The molecule has 0 fully saturated rings. The third-order valence-electron chi connectivity index (χ3n) is 3.88. The minimum absolute atomic E-state index is 0.112. The van der Waals surface area contributed by atoms with E-state index in [2.05, 4.69) is 17.0 Å². The summed E-state index contributed by atoms with van der Waals surface area (Å²) in [5.74, 6) is 0.139. The maximum absolute atomic E-state index is 11.8. The van der Waals surface area contributed by atoms with Crippen molar-refractivity contribution >= 4 is 21.4 Å². The lowest BCUT2D eigenvalue weighted by Gasteiger charge is -2.27. The molecule has 23 heavy (non-hydrogen) atoms. The number of halogens is 1. The Bertz CT molecular complexity index is 803. The van der Waals surface area contributed by atoms with Crippen LogP contribution in [0.25, 0.3) is 0 Å². The molecule has 0 bridgehead atoms. The molecule has 1 atom stereocenters. The van der Waals surface area contributed by atoms with Crippen molar-refractivity contribution in [2.75, 3.05) is 5.75 Å². The molecular formula is C18H18ClNO2S. The zero-order valence-corrected chi connectivity index (χ0v) is 14.2. The van der Waals surface area contributed by atoms with Crippen LogP contribution < -0.4 is 0 Å². The quantitative estimate of drug-likeness (QED) is 0.828. The van der Waals surface area contributed by atoms with Gasteiger partial charge in [-0.2, -0.15) is 0 Å². The summed E-state index contributed by atoms with van der Waals surface area (Å²) >= 11 is 6.07. The van der Waals surface area contributed by atoms with Crippen LogP contribution in [0.2, 0.25) is 5.02 Å². The third kappa shape index (κ3) is 4.44. The first kappa shape index (κ1) is 16.2. The zero-order chi connectivity index (χ0) is 16.3. The number of hydrogen-bond donors (Lipinski definition) is 0. The van der Waals surface area contributed by atoms with Gasteiger partial charge in [-0.3, -0.25) is 4.90 Å². The molecule has 120 valence electrons. The Hall–Kier alpha value is -1.62. The van der Waals surface area contributed by atoms with Crippen molar-refractivity contribution in [3.05, 3.63) is 82.2 Å². The van der Waals surface area contributed by atoms with Gasteiger partial charge in [-0.05, 0) is 23.3 Å². The highest BCUT2D eigenvalue weighted by atomic mass is 35.5. The molecule has 0 unspecified atom stereocenters. The predicted molar refractivity (Wildman–Crippen MR) is 93.9 cm³/mol. The van der Waals surface area contributed by atoms with Crippen LogP contribution in [0, 0.1) is 0 Å². The summed E-state index contributed by atoms with van der Waals surface area (Å²) < 4.78 is 23.5. The van der Waals surface area contributed by atoms with Crippen molar-refractivity contribution < 1.29 is 8.42 Å². The summed E-state index contributed by atoms with van der Waals surface area (Å²) in [6.07, 6.45) is 1.78. The first-order valence-electron chi connectivity index (χ1n) is 7.45. The second kappa shape index (κ2) is 6.87. The zero-order valence-electron chi connectivity index (χ0n) is 12.6. The fourth-order valence-electron chi connectivity index (χ4n) is 2.76. The van der Waals surface area contributed by atoms with Crippen LogP contribution in [-0.2, 0) is 22.9 Å². The topological polar surface area (TPSA) is 37.4 Å². The second-order valence-electron chi connectivity index (χ2n) is 5.75. The van der Waals surface area contributed by atoms with Crippen molar-refractivity contribution in [3.63, 3.8) is 0 Å². The summed E-state index contributed by atoms with van der Waals surface area (Å²) in [4.78, 5) is 2.17. The van der Waals surface area contributed by atoms with Crippen LogP contribution in [0.4, 0.5) is 0 Å². The molecule has 0 spiro atoms. The summed E-state index contributed by atoms with van der Waals surface area (Å²) in [6, 6.07) is 17.7. The van der Waals surface area contributed by atoms with Crippen LogP contribution in [-0.4, -0.2) is 25.1 Å². The lowest BCUT2D eigenvalue weighted by Crippen LogP contribution is -2.35. The van der Waals surface area contributed by atoms with E-state index in [4.69, 9.17) is 11.6 Å². The lowest BCUT2D eigenvalue weighted by molar-refractivity contribution is 0.226. The number of hydrogen-bond acceptors (Lipinski definition) is 3. The van der Waals surface area contributed by atoms with E-state index in [1.54, 1.807) is 6.08 Å². The van der Waals surface area contributed by atoms with E-state index < -0.39 is 9.84 Å². The maximum Gasteiger partial charge on any atom is 0.173 e. The average Bonchev–Trinajstić information content (AvgIpc) is 2.88.